The molecule has 5 nitrogen and oxygen atoms in total. The number of halogens is 1. The van der Waals surface area contributed by atoms with Crippen LogP contribution < -0.4 is 0 Å². The largest absolute Gasteiger partial charge is 0.370 e. The van der Waals surface area contributed by atoms with Gasteiger partial charge in [-0.25, -0.2) is 0 Å². The van der Waals surface area contributed by atoms with Gasteiger partial charge in [-0.1, -0.05) is 28.1 Å². The van der Waals surface area contributed by atoms with Gasteiger partial charge in [-0.3, -0.25) is 9.48 Å². The van der Waals surface area contributed by atoms with Gasteiger partial charge in [0.05, 0.1) is 25.8 Å². The van der Waals surface area contributed by atoms with Crippen molar-refractivity contribution in [3.8, 4) is 0 Å². The van der Waals surface area contributed by atoms with Crippen molar-refractivity contribution < 1.29 is 9.53 Å². The van der Waals surface area contributed by atoms with E-state index in [9.17, 15) is 4.79 Å². The molecule has 22 heavy (non-hydrogen) atoms. The standard InChI is InChI=1S/C16H18BrN3O2/c1-19-10-12(9-18-19)8-16(21)20-6-7-22-15(11-20)13-2-4-14(17)5-3-13/h2-5,9-10,15H,6-8,11H2,1H3. The number of amides is 1. The summed E-state index contributed by atoms with van der Waals surface area (Å²) in [5.74, 6) is 0.124. The summed E-state index contributed by atoms with van der Waals surface area (Å²) < 4.78 is 8.57. The fourth-order valence-corrected chi connectivity index (χ4v) is 2.87. The highest BCUT2D eigenvalue weighted by Crippen LogP contribution is 2.24. The molecule has 0 bridgehead atoms. The van der Waals surface area contributed by atoms with Gasteiger partial charge in [0.1, 0.15) is 6.10 Å². The van der Waals surface area contributed by atoms with Gasteiger partial charge in [0, 0.05) is 24.3 Å². The molecule has 1 atom stereocenters. The summed E-state index contributed by atoms with van der Waals surface area (Å²) in [6.07, 6.45) is 3.95. The second-order valence-corrected chi connectivity index (χ2v) is 6.37. The molecule has 0 N–H and O–H groups in total. The Bertz CT molecular complexity index is 654. The van der Waals surface area contributed by atoms with E-state index in [1.807, 2.05) is 42.4 Å². The number of hydrogen-bond donors (Lipinski definition) is 0. The quantitative estimate of drug-likeness (QED) is 0.840. The molecule has 1 aliphatic rings. The molecular formula is C16H18BrN3O2. The number of carbonyl (C=O) groups is 1. The molecule has 6 heteroatoms. The lowest BCUT2D eigenvalue weighted by atomic mass is 10.1. The lowest BCUT2D eigenvalue weighted by Crippen LogP contribution is -2.42. The van der Waals surface area contributed by atoms with Gasteiger partial charge in [0.15, 0.2) is 0 Å². The van der Waals surface area contributed by atoms with Crippen molar-refractivity contribution in [2.45, 2.75) is 12.5 Å². The molecule has 1 fully saturated rings. The van der Waals surface area contributed by atoms with Gasteiger partial charge in [-0.15, -0.1) is 0 Å². The van der Waals surface area contributed by atoms with Crippen LogP contribution in [0.5, 0.6) is 0 Å². The first-order chi connectivity index (χ1) is 10.6. The number of aryl methyl sites for hydroxylation is 1. The van der Waals surface area contributed by atoms with Gasteiger partial charge in [0.25, 0.3) is 0 Å². The summed E-state index contributed by atoms with van der Waals surface area (Å²) in [6, 6.07) is 8.05. The Morgan fingerprint density at radius 3 is 2.86 bits per heavy atom. The molecule has 1 aromatic heterocycles. The van der Waals surface area contributed by atoms with Crippen LogP contribution >= 0.6 is 15.9 Å². The third-order valence-electron chi connectivity index (χ3n) is 3.77. The summed E-state index contributed by atoms with van der Waals surface area (Å²) >= 11 is 3.43. The van der Waals surface area contributed by atoms with Gasteiger partial charge in [0.2, 0.25) is 5.91 Å². The van der Waals surface area contributed by atoms with E-state index in [-0.39, 0.29) is 12.0 Å². The van der Waals surface area contributed by atoms with Crippen molar-refractivity contribution in [3.05, 3.63) is 52.3 Å². The van der Waals surface area contributed by atoms with Crippen LogP contribution in [0, 0.1) is 0 Å². The number of rotatable bonds is 3. The van der Waals surface area contributed by atoms with Crippen LogP contribution in [0.1, 0.15) is 17.2 Å². The van der Waals surface area contributed by atoms with Crippen LogP contribution in [0.3, 0.4) is 0 Å². The lowest BCUT2D eigenvalue weighted by Gasteiger charge is -2.33. The Labute approximate surface area is 138 Å². The number of morpholine rings is 1. The molecular weight excluding hydrogens is 346 g/mol. The average molecular weight is 364 g/mol. The second kappa shape index (κ2) is 6.62. The molecule has 1 amide bonds. The maximum Gasteiger partial charge on any atom is 0.227 e. The molecule has 2 aromatic rings. The van der Waals surface area contributed by atoms with Crippen LogP contribution in [0.2, 0.25) is 0 Å². The van der Waals surface area contributed by atoms with Crippen molar-refractivity contribution in [1.29, 1.82) is 0 Å². The summed E-state index contributed by atoms with van der Waals surface area (Å²) in [4.78, 5) is 14.3. The van der Waals surface area contributed by atoms with Crippen molar-refractivity contribution >= 4 is 21.8 Å². The zero-order chi connectivity index (χ0) is 15.5. The summed E-state index contributed by atoms with van der Waals surface area (Å²) in [6.45, 7) is 1.81. The molecule has 1 aliphatic heterocycles. The molecule has 1 saturated heterocycles. The molecule has 1 unspecified atom stereocenters. The minimum atomic E-state index is -0.0558. The predicted molar refractivity (Wildman–Crippen MR) is 86.3 cm³/mol. The summed E-state index contributed by atoms with van der Waals surface area (Å²) in [7, 11) is 1.85. The van der Waals surface area contributed by atoms with Crippen LogP contribution in [0.15, 0.2) is 41.1 Å². The van der Waals surface area contributed by atoms with Crippen molar-refractivity contribution in [2.75, 3.05) is 19.7 Å². The highest BCUT2D eigenvalue weighted by molar-refractivity contribution is 9.10. The van der Waals surface area contributed by atoms with Crippen LogP contribution in [0.4, 0.5) is 0 Å². The van der Waals surface area contributed by atoms with Crippen LogP contribution in [-0.4, -0.2) is 40.3 Å². The minimum absolute atomic E-state index is 0.0558. The molecule has 116 valence electrons. The fourth-order valence-electron chi connectivity index (χ4n) is 2.60. The van der Waals surface area contributed by atoms with Crippen molar-refractivity contribution in [1.82, 2.24) is 14.7 Å². The fraction of sp³-hybridized carbons (Fsp3) is 0.375. The van der Waals surface area contributed by atoms with Crippen LogP contribution in [-0.2, 0) is 23.0 Å². The third-order valence-corrected chi connectivity index (χ3v) is 4.30. The van der Waals surface area contributed by atoms with E-state index in [2.05, 4.69) is 21.0 Å². The van der Waals surface area contributed by atoms with E-state index in [4.69, 9.17) is 4.74 Å². The Morgan fingerprint density at radius 1 is 1.41 bits per heavy atom. The van der Waals surface area contributed by atoms with E-state index in [1.165, 1.54) is 0 Å². The van der Waals surface area contributed by atoms with Gasteiger partial charge < -0.3 is 9.64 Å². The zero-order valence-electron chi connectivity index (χ0n) is 12.4. The SMILES string of the molecule is Cn1cc(CC(=O)N2CCOC(c3ccc(Br)cc3)C2)cn1. The molecule has 0 saturated carbocycles. The molecule has 3 rings (SSSR count). The van der Waals surface area contributed by atoms with E-state index >= 15 is 0 Å². The first kappa shape index (κ1) is 15.2. The third kappa shape index (κ3) is 3.56. The average Bonchev–Trinajstić information content (AvgIpc) is 2.93. The lowest BCUT2D eigenvalue weighted by molar-refractivity contribution is -0.138. The molecule has 0 aliphatic carbocycles. The van der Waals surface area contributed by atoms with E-state index < -0.39 is 0 Å². The summed E-state index contributed by atoms with van der Waals surface area (Å²) in [5, 5.41) is 4.10. The normalized spacial score (nSPS) is 18.5. The van der Waals surface area contributed by atoms with Gasteiger partial charge in [-0.05, 0) is 23.3 Å². The number of ether oxygens (including phenoxy) is 1. The Balaban J connectivity index is 1.64. The van der Waals surface area contributed by atoms with Gasteiger partial charge >= 0.3 is 0 Å². The predicted octanol–water partition coefficient (Wildman–Crippen LogP) is 2.33. The minimum Gasteiger partial charge on any atom is -0.370 e. The molecule has 0 spiro atoms. The highest BCUT2D eigenvalue weighted by Gasteiger charge is 2.25. The Morgan fingerprint density at radius 2 is 2.18 bits per heavy atom. The number of hydrogen-bond acceptors (Lipinski definition) is 3. The van der Waals surface area contributed by atoms with Crippen LogP contribution in [0.25, 0.3) is 0 Å². The number of aromatic nitrogens is 2. The summed E-state index contributed by atoms with van der Waals surface area (Å²) in [5.41, 5.74) is 2.04. The number of nitrogens with zero attached hydrogens (tertiary/aromatic N) is 3. The second-order valence-electron chi connectivity index (χ2n) is 5.45. The number of carbonyl (C=O) groups excluding carboxylic acids is 1. The number of benzene rings is 1. The Hall–Kier alpha value is -1.66. The van der Waals surface area contributed by atoms with Crippen molar-refractivity contribution in [2.24, 2.45) is 7.05 Å². The maximum atomic E-state index is 12.4. The highest BCUT2D eigenvalue weighted by atomic mass is 79.9. The smallest absolute Gasteiger partial charge is 0.227 e. The van der Waals surface area contributed by atoms with Gasteiger partial charge in [-0.2, -0.15) is 5.10 Å². The van der Waals surface area contributed by atoms with E-state index in [1.54, 1.807) is 10.9 Å². The first-order valence-electron chi connectivity index (χ1n) is 7.24. The molecule has 1 aromatic carbocycles. The molecule has 2 heterocycles. The van der Waals surface area contributed by atoms with Crippen molar-refractivity contribution in [3.63, 3.8) is 0 Å². The maximum absolute atomic E-state index is 12.4. The topological polar surface area (TPSA) is 47.4 Å². The Kier molecular flexibility index (Phi) is 4.59. The van der Waals surface area contributed by atoms with E-state index in [0.717, 1.165) is 15.6 Å². The molecule has 0 radical (unpaired) electrons. The monoisotopic (exact) mass is 363 g/mol. The zero-order valence-corrected chi connectivity index (χ0v) is 14.0. The van der Waals surface area contributed by atoms with E-state index in [0.29, 0.717) is 26.1 Å². The first-order valence-corrected chi connectivity index (χ1v) is 8.03.